The van der Waals surface area contributed by atoms with Crippen molar-refractivity contribution in [2.45, 2.75) is 71.4 Å². The van der Waals surface area contributed by atoms with Crippen LogP contribution in [0.5, 0.6) is 0 Å². The summed E-state index contributed by atoms with van der Waals surface area (Å²) in [5.41, 5.74) is 9.16. The van der Waals surface area contributed by atoms with Crippen molar-refractivity contribution < 1.29 is 13.2 Å². The predicted octanol–water partition coefficient (Wildman–Crippen LogP) is 6.36. The van der Waals surface area contributed by atoms with E-state index in [1.54, 1.807) is 4.31 Å². The number of piperazine rings is 1. The van der Waals surface area contributed by atoms with Crippen LogP contribution in [0.3, 0.4) is 0 Å². The second-order valence-corrected chi connectivity index (χ2v) is 15.5. The molecule has 2 fully saturated rings. The van der Waals surface area contributed by atoms with Crippen LogP contribution in [-0.2, 0) is 21.4 Å². The highest BCUT2D eigenvalue weighted by Gasteiger charge is 2.38. The van der Waals surface area contributed by atoms with Crippen LogP contribution in [0.2, 0.25) is 0 Å². The number of nitrogens with zero attached hydrogens (tertiary/aromatic N) is 6. The fourth-order valence-corrected chi connectivity index (χ4v) is 9.75. The molecule has 1 saturated heterocycles. The van der Waals surface area contributed by atoms with Crippen LogP contribution >= 0.6 is 0 Å². The van der Waals surface area contributed by atoms with Crippen molar-refractivity contribution in [3.63, 3.8) is 0 Å². The van der Waals surface area contributed by atoms with E-state index in [0.717, 1.165) is 63.1 Å². The molecule has 2 unspecified atom stereocenters. The first-order valence-corrected chi connectivity index (χ1v) is 18.4. The molecule has 48 heavy (non-hydrogen) atoms. The third-order valence-electron chi connectivity index (χ3n) is 11.0. The summed E-state index contributed by atoms with van der Waals surface area (Å²) in [6.07, 6.45) is 4.39. The van der Waals surface area contributed by atoms with E-state index in [4.69, 9.17) is 0 Å². The standard InChI is InChI=1S/C38H44N6O3S/c1-25-26(2)28(4)37(29(5)27(25)3)48(46,47)42-19-17-41(18-20-42)38(45)32-15-16-34(21-32)44-24-33(39-40-44)23-43-35-14-10-9-13-31(35)22-36(43)30-11-7-6-8-12-30/h6-14,22,24,32,34H,15-21,23H2,1-5H3. The van der Waals surface area contributed by atoms with Gasteiger partial charge in [-0.15, -0.1) is 5.10 Å². The zero-order valence-electron chi connectivity index (χ0n) is 28.5. The van der Waals surface area contributed by atoms with Gasteiger partial charge >= 0.3 is 0 Å². The Morgan fingerprint density at radius 2 is 1.46 bits per heavy atom. The largest absolute Gasteiger partial charge is 0.340 e. The SMILES string of the molecule is Cc1c(C)c(C)c(S(=O)(=O)N2CCN(C(=O)C3CCC(n4cc(Cn5c(-c6ccccc6)cc6ccccc65)nn4)C3)CC2)c(C)c1C. The minimum atomic E-state index is -3.67. The number of aromatic nitrogens is 4. The molecule has 2 atom stereocenters. The van der Waals surface area contributed by atoms with Crippen molar-refractivity contribution >= 4 is 26.8 Å². The molecule has 10 heteroatoms. The fraction of sp³-hybridized carbons (Fsp3) is 0.395. The predicted molar refractivity (Wildman–Crippen MR) is 188 cm³/mol. The molecular formula is C38H44N6O3S. The summed E-state index contributed by atoms with van der Waals surface area (Å²) < 4.78 is 33.5. The molecular weight excluding hydrogens is 621 g/mol. The molecule has 2 aliphatic rings. The molecule has 7 rings (SSSR count). The van der Waals surface area contributed by atoms with Gasteiger partial charge in [-0.2, -0.15) is 4.31 Å². The van der Waals surface area contributed by atoms with Gasteiger partial charge in [-0.3, -0.25) is 4.79 Å². The number of carbonyl (C=O) groups excluding carboxylic acids is 1. The number of amides is 1. The number of para-hydroxylation sites is 1. The highest BCUT2D eigenvalue weighted by Crippen LogP contribution is 2.37. The van der Waals surface area contributed by atoms with Crippen LogP contribution in [0.1, 0.15) is 58.8 Å². The minimum absolute atomic E-state index is 0.101. The molecule has 1 aliphatic heterocycles. The smallest absolute Gasteiger partial charge is 0.243 e. The molecule has 0 radical (unpaired) electrons. The fourth-order valence-electron chi connectivity index (χ4n) is 7.77. The molecule has 0 spiro atoms. The normalized spacial score (nSPS) is 19.0. The summed E-state index contributed by atoms with van der Waals surface area (Å²) in [4.78, 5) is 15.9. The van der Waals surface area contributed by atoms with Gasteiger partial charge in [0.1, 0.15) is 5.69 Å². The Morgan fingerprint density at radius 3 is 2.17 bits per heavy atom. The molecule has 0 bridgehead atoms. The van der Waals surface area contributed by atoms with E-state index in [2.05, 4.69) is 69.5 Å². The van der Waals surface area contributed by atoms with Crippen molar-refractivity contribution in [3.8, 4) is 11.3 Å². The Balaban J connectivity index is 1.00. The Morgan fingerprint density at radius 1 is 0.812 bits per heavy atom. The van der Waals surface area contributed by atoms with Crippen molar-refractivity contribution in [2.75, 3.05) is 26.2 Å². The monoisotopic (exact) mass is 664 g/mol. The average molecular weight is 665 g/mol. The maximum atomic E-state index is 13.8. The second kappa shape index (κ2) is 12.6. The van der Waals surface area contributed by atoms with Crippen LogP contribution in [0.4, 0.5) is 0 Å². The van der Waals surface area contributed by atoms with Gasteiger partial charge < -0.3 is 9.47 Å². The summed E-state index contributed by atoms with van der Waals surface area (Å²) in [6, 6.07) is 21.1. The minimum Gasteiger partial charge on any atom is -0.340 e. The third kappa shape index (κ3) is 5.64. The lowest BCUT2D eigenvalue weighted by atomic mass is 9.95. The van der Waals surface area contributed by atoms with E-state index in [1.807, 2.05) is 56.5 Å². The lowest BCUT2D eigenvalue weighted by Gasteiger charge is -2.36. The summed E-state index contributed by atoms with van der Waals surface area (Å²) in [7, 11) is -3.67. The second-order valence-electron chi connectivity index (χ2n) is 13.6. The Kier molecular flexibility index (Phi) is 8.49. The third-order valence-corrected chi connectivity index (χ3v) is 13.1. The van der Waals surface area contributed by atoms with Crippen molar-refractivity contribution in [2.24, 2.45) is 5.92 Å². The van der Waals surface area contributed by atoms with Gasteiger partial charge in [0, 0.05) is 48.7 Å². The van der Waals surface area contributed by atoms with Gasteiger partial charge in [-0.25, -0.2) is 13.1 Å². The lowest BCUT2D eigenvalue weighted by Crippen LogP contribution is -2.51. The Labute approximate surface area is 283 Å². The van der Waals surface area contributed by atoms with E-state index in [0.29, 0.717) is 44.0 Å². The number of carbonyl (C=O) groups is 1. The summed E-state index contributed by atoms with van der Waals surface area (Å²) in [6.45, 7) is 11.9. The Hall–Kier alpha value is -4.28. The number of sulfonamides is 1. The van der Waals surface area contributed by atoms with Gasteiger partial charge in [0.15, 0.2) is 0 Å². The molecule has 3 aromatic carbocycles. The first-order chi connectivity index (χ1) is 23.0. The summed E-state index contributed by atoms with van der Waals surface area (Å²) in [5.74, 6) is 0.0198. The number of hydrogen-bond acceptors (Lipinski definition) is 5. The topological polar surface area (TPSA) is 93.3 Å². The van der Waals surface area contributed by atoms with Crippen LogP contribution in [0.15, 0.2) is 71.8 Å². The van der Waals surface area contributed by atoms with Crippen molar-refractivity contribution in [3.05, 3.63) is 100 Å². The highest BCUT2D eigenvalue weighted by atomic mass is 32.2. The zero-order chi connectivity index (χ0) is 33.7. The van der Waals surface area contributed by atoms with E-state index in [1.165, 1.54) is 5.39 Å². The quantitative estimate of drug-likeness (QED) is 0.202. The molecule has 1 saturated carbocycles. The molecule has 3 heterocycles. The van der Waals surface area contributed by atoms with Crippen molar-refractivity contribution in [1.82, 2.24) is 28.8 Å². The maximum Gasteiger partial charge on any atom is 0.243 e. The van der Waals surface area contributed by atoms with Crippen LogP contribution < -0.4 is 0 Å². The van der Waals surface area contributed by atoms with Gasteiger partial charge in [0.05, 0.1) is 23.7 Å². The highest BCUT2D eigenvalue weighted by molar-refractivity contribution is 7.89. The van der Waals surface area contributed by atoms with Gasteiger partial charge in [-0.05, 0) is 99.4 Å². The molecule has 5 aromatic rings. The van der Waals surface area contributed by atoms with Crippen LogP contribution in [-0.4, -0.2) is 69.3 Å². The average Bonchev–Trinajstić information content (AvgIpc) is 3.86. The Bertz CT molecular complexity index is 2080. The zero-order valence-corrected chi connectivity index (χ0v) is 29.3. The lowest BCUT2D eigenvalue weighted by molar-refractivity contribution is -0.136. The van der Waals surface area contributed by atoms with Gasteiger partial charge in [-0.1, -0.05) is 53.7 Å². The van der Waals surface area contributed by atoms with Crippen molar-refractivity contribution in [1.29, 1.82) is 0 Å². The van der Waals surface area contributed by atoms with Crippen LogP contribution in [0, 0.1) is 40.5 Å². The molecule has 9 nitrogen and oxygen atoms in total. The molecule has 250 valence electrons. The summed E-state index contributed by atoms with van der Waals surface area (Å²) in [5, 5.41) is 10.3. The molecule has 2 aromatic heterocycles. The first kappa shape index (κ1) is 32.3. The molecule has 1 aliphatic carbocycles. The number of hydrogen-bond donors (Lipinski definition) is 0. The first-order valence-electron chi connectivity index (χ1n) is 16.9. The van der Waals surface area contributed by atoms with E-state index in [9.17, 15) is 13.2 Å². The van der Waals surface area contributed by atoms with Gasteiger partial charge in [0.2, 0.25) is 15.9 Å². The number of benzene rings is 3. The number of fused-ring (bicyclic) bond motifs is 1. The summed E-state index contributed by atoms with van der Waals surface area (Å²) >= 11 is 0. The molecule has 0 N–H and O–H groups in total. The van der Waals surface area contributed by atoms with Crippen LogP contribution in [0.25, 0.3) is 22.2 Å². The number of rotatable bonds is 7. The van der Waals surface area contributed by atoms with E-state index >= 15 is 0 Å². The van der Waals surface area contributed by atoms with E-state index in [-0.39, 0.29) is 17.9 Å². The van der Waals surface area contributed by atoms with Gasteiger partial charge in [0.25, 0.3) is 0 Å². The molecule has 1 amide bonds. The maximum absolute atomic E-state index is 13.8. The van der Waals surface area contributed by atoms with E-state index < -0.39 is 10.0 Å².